The summed E-state index contributed by atoms with van der Waals surface area (Å²) in [5.41, 5.74) is 0. The number of benzene rings is 1. The molecule has 0 aliphatic heterocycles. The molecule has 0 heterocycles. The van der Waals surface area contributed by atoms with Crippen LogP contribution in [0.15, 0.2) is 30.3 Å². The van der Waals surface area contributed by atoms with Crippen molar-refractivity contribution >= 4 is 0 Å². The maximum Gasteiger partial charge on any atom is 0.119 e. The van der Waals surface area contributed by atoms with Crippen molar-refractivity contribution in [2.24, 2.45) is 11.8 Å². The van der Waals surface area contributed by atoms with Crippen molar-refractivity contribution < 1.29 is 4.74 Å². The van der Waals surface area contributed by atoms with Crippen LogP contribution in [0.5, 0.6) is 5.75 Å². The maximum absolute atomic E-state index is 5.81. The van der Waals surface area contributed by atoms with Gasteiger partial charge in [0.05, 0.1) is 6.61 Å². The van der Waals surface area contributed by atoms with E-state index in [-0.39, 0.29) is 0 Å². The van der Waals surface area contributed by atoms with E-state index in [2.05, 4.69) is 19.3 Å². The Balaban J connectivity index is 1.77. The third-order valence-electron chi connectivity index (χ3n) is 4.12. The normalized spacial score (nSPS) is 28.0. The number of nitrogens with one attached hydrogen (secondary N) is 1. The van der Waals surface area contributed by atoms with E-state index < -0.39 is 0 Å². The van der Waals surface area contributed by atoms with Gasteiger partial charge in [-0.2, -0.15) is 0 Å². The summed E-state index contributed by atoms with van der Waals surface area (Å²) in [5.74, 6) is 2.63. The molecule has 3 atom stereocenters. The van der Waals surface area contributed by atoms with Gasteiger partial charge in [0, 0.05) is 6.04 Å². The molecule has 0 amide bonds. The van der Waals surface area contributed by atoms with E-state index in [1.165, 1.54) is 19.3 Å². The van der Waals surface area contributed by atoms with Crippen molar-refractivity contribution in [2.45, 2.75) is 38.6 Å². The second kappa shape index (κ2) is 6.79. The molecular weight excluding hydrogens is 222 g/mol. The number of para-hydroxylation sites is 1. The molecule has 0 spiro atoms. The fraction of sp³-hybridized carbons (Fsp3) is 0.625. The van der Waals surface area contributed by atoms with Crippen LogP contribution in [0.2, 0.25) is 0 Å². The van der Waals surface area contributed by atoms with Gasteiger partial charge in [-0.25, -0.2) is 0 Å². The monoisotopic (exact) mass is 247 g/mol. The van der Waals surface area contributed by atoms with E-state index >= 15 is 0 Å². The van der Waals surface area contributed by atoms with Gasteiger partial charge in [0.25, 0.3) is 0 Å². The third-order valence-corrected chi connectivity index (χ3v) is 4.12. The van der Waals surface area contributed by atoms with Crippen LogP contribution < -0.4 is 10.1 Å². The topological polar surface area (TPSA) is 21.3 Å². The highest BCUT2D eigenvalue weighted by Gasteiger charge is 2.27. The summed E-state index contributed by atoms with van der Waals surface area (Å²) in [5, 5.41) is 3.47. The second-order valence-corrected chi connectivity index (χ2v) is 5.52. The smallest absolute Gasteiger partial charge is 0.119 e. The van der Waals surface area contributed by atoms with Crippen LogP contribution in [0.1, 0.15) is 32.6 Å². The lowest BCUT2D eigenvalue weighted by atomic mass is 9.77. The molecule has 3 unspecified atom stereocenters. The minimum absolute atomic E-state index is 0.681. The van der Waals surface area contributed by atoms with Crippen molar-refractivity contribution in [3.8, 4) is 5.75 Å². The average molecular weight is 247 g/mol. The van der Waals surface area contributed by atoms with E-state index in [9.17, 15) is 0 Å². The zero-order chi connectivity index (χ0) is 12.8. The van der Waals surface area contributed by atoms with E-state index in [0.717, 1.165) is 30.6 Å². The Bertz CT molecular complexity index is 338. The molecule has 1 fully saturated rings. The quantitative estimate of drug-likeness (QED) is 0.860. The minimum Gasteiger partial charge on any atom is -0.494 e. The summed E-state index contributed by atoms with van der Waals surface area (Å²) in [6.45, 7) is 3.20. The molecule has 1 aromatic carbocycles. The highest BCUT2D eigenvalue weighted by Crippen LogP contribution is 2.31. The molecule has 1 aliphatic rings. The number of ether oxygens (including phenoxy) is 1. The lowest BCUT2D eigenvalue weighted by Crippen LogP contribution is -2.38. The third kappa shape index (κ3) is 3.74. The lowest BCUT2D eigenvalue weighted by Gasteiger charge is -2.34. The summed E-state index contributed by atoms with van der Waals surface area (Å²) in [4.78, 5) is 0. The van der Waals surface area contributed by atoms with Crippen LogP contribution in [0.4, 0.5) is 0 Å². The largest absolute Gasteiger partial charge is 0.494 e. The predicted molar refractivity (Wildman–Crippen MR) is 75.9 cm³/mol. The molecule has 0 saturated heterocycles. The summed E-state index contributed by atoms with van der Waals surface area (Å²) < 4.78 is 5.81. The van der Waals surface area contributed by atoms with Crippen molar-refractivity contribution in [2.75, 3.05) is 13.7 Å². The lowest BCUT2D eigenvalue weighted by molar-refractivity contribution is 0.179. The van der Waals surface area contributed by atoms with Gasteiger partial charge >= 0.3 is 0 Å². The van der Waals surface area contributed by atoms with Gasteiger partial charge in [-0.05, 0) is 56.7 Å². The van der Waals surface area contributed by atoms with Gasteiger partial charge in [0.15, 0.2) is 0 Å². The zero-order valence-corrected chi connectivity index (χ0v) is 11.6. The van der Waals surface area contributed by atoms with E-state index in [4.69, 9.17) is 4.74 Å². The Morgan fingerprint density at radius 1 is 1.22 bits per heavy atom. The van der Waals surface area contributed by atoms with Crippen LogP contribution in [0.3, 0.4) is 0 Å². The Hall–Kier alpha value is -1.02. The summed E-state index contributed by atoms with van der Waals surface area (Å²) in [6.07, 6.45) is 5.17. The van der Waals surface area contributed by atoms with E-state index in [0.29, 0.717) is 6.04 Å². The molecule has 0 radical (unpaired) electrons. The predicted octanol–water partition coefficient (Wildman–Crippen LogP) is 3.48. The van der Waals surface area contributed by atoms with E-state index in [1.807, 2.05) is 30.3 Å². The molecule has 18 heavy (non-hydrogen) atoms. The Morgan fingerprint density at radius 3 is 2.72 bits per heavy atom. The number of hydrogen-bond donors (Lipinski definition) is 1. The first-order chi connectivity index (χ1) is 8.79. The summed E-state index contributed by atoms with van der Waals surface area (Å²) in [6, 6.07) is 10.8. The van der Waals surface area contributed by atoms with Crippen LogP contribution in [-0.2, 0) is 0 Å². The van der Waals surface area contributed by atoms with Crippen LogP contribution in [-0.4, -0.2) is 19.7 Å². The average Bonchev–Trinajstić information content (AvgIpc) is 2.40. The van der Waals surface area contributed by atoms with Gasteiger partial charge in [0.1, 0.15) is 5.75 Å². The first kappa shape index (κ1) is 13.4. The van der Waals surface area contributed by atoms with Gasteiger partial charge < -0.3 is 10.1 Å². The molecule has 2 heteroatoms. The molecular formula is C16H25NO. The van der Waals surface area contributed by atoms with Crippen molar-refractivity contribution in [1.29, 1.82) is 0 Å². The number of hydrogen-bond acceptors (Lipinski definition) is 2. The fourth-order valence-electron chi connectivity index (χ4n) is 3.04. The van der Waals surface area contributed by atoms with Gasteiger partial charge in [-0.15, -0.1) is 0 Å². The van der Waals surface area contributed by atoms with Crippen molar-refractivity contribution in [3.05, 3.63) is 30.3 Å². The maximum atomic E-state index is 5.81. The summed E-state index contributed by atoms with van der Waals surface area (Å²) >= 11 is 0. The zero-order valence-electron chi connectivity index (χ0n) is 11.6. The Kier molecular flexibility index (Phi) is 5.06. The standard InChI is InChI=1S/C16H25NO/c1-13-8-9-16(17-2)14(12-13)10-11-18-15-6-4-3-5-7-15/h3-7,13-14,16-17H,8-12H2,1-2H3. The molecule has 1 saturated carbocycles. The molecule has 1 aliphatic carbocycles. The van der Waals surface area contributed by atoms with Gasteiger partial charge in [-0.1, -0.05) is 25.1 Å². The van der Waals surface area contributed by atoms with Crippen LogP contribution in [0.25, 0.3) is 0 Å². The highest BCUT2D eigenvalue weighted by molar-refractivity contribution is 5.20. The molecule has 1 aromatic rings. The van der Waals surface area contributed by atoms with Gasteiger partial charge in [0.2, 0.25) is 0 Å². The molecule has 1 N–H and O–H groups in total. The summed E-state index contributed by atoms with van der Waals surface area (Å²) in [7, 11) is 2.09. The first-order valence-corrected chi connectivity index (χ1v) is 7.14. The molecule has 2 rings (SSSR count). The van der Waals surface area contributed by atoms with E-state index in [1.54, 1.807) is 0 Å². The van der Waals surface area contributed by atoms with Crippen LogP contribution in [0, 0.1) is 11.8 Å². The number of rotatable bonds is 5. The molecule has 2 nitrogen and oxygen atoms in total. The van der Waals surface area contributed by atoms with Crippen molar-refractivity contribution in [1.82, 2.24) is 5.32 Å². The minimum atomic E-state index is 0.681. The van der Waals surface area contributed by atoms with Gasteiger partial charge in [-0.3, -0.25) is 0 Å². The Labute approximate surface area is 111 Å². The SMILES string of the molecule is CNC1CCC(C)CC1CCOc1ccccc1. The first-order valence-electron chi connectivity index (χ1n) is 7.14. The highest BCUT2D eigenvalue weighted by atomic mass is 16.5. The fourth-order valence-corrected chi connectivity index (χ4v) is 3.04. The molecule has 100 valence electrons. The van der Waals surface area contributed by atoms with Crippen LogP contribution >= 0.6 is 0 Å². The molecule has 0 bridgehead atoms. The second-order valence-electron chi connectivity index (χ2n) is 5.52. The Morgan fingerprint density at radius 2 is 2.00 bits per heavy atom. The van der Waals surface area contributed by atoms with Crippen molar-refractivity contribution in [3.63, 3.8) is 0 Å². The molecule has 0 aromatic heterocycles.